The summed E-state index contributed by atoms with van der Waals surface area (Å²) >= 11 is 3.62. The van der Waals surface area contributed by atoms with E-state index in [4.69, 9.17) is 15.7 Å². The molecule has 1 fully saturated rings. The highest BCUT2D eigenvalue weighted by Crippen LogP contribution is 2.37. The third-order valence-electron chi connectivity index (χ3n) is 6.61. The standard InChI is InChI=1S/C26H25BrN6O2/c1-15-5-3-4-6-19(15)21-8-7-18(13-29-21)20-14-30-33-24(28)22(27)23(31-25(20)33)17-9-11-32(12-10-17)26(35)16(2)34/h3-8,13-14,17H,9-12,28H2,1-2H3. The molecule has 0 atom stereocenters. The van der Waals surface area contributed by atoms with E-state index in [2.05, 4.69) is 40.1 Å². The molecule has 1 aliphatic heterocycles. The molecule has 1 saturated heterocycles. The number of hydrogen-bond acceptors (Lipinski definition) is 6. The van der Waals surface area contributed by atoms with Crippen LogP contribution in [0.2, 0.25) is 0 Å². The number of piperidine rings is 1. The Morgan fingerprint density at radius 3 is 2.46 bits per heavy atom. The van der Waals surface area contributed by atoms with Gasteiger partial charge in [0.1, 0.15) is 5.82 Å². The predicted octanol–water partition coefficient (Wildman–Crippen LogP) is 4.41. The van der Waals surface area contributed by atoms with Crippen molar-refractivity contribution in [1.82, 2.24) is 24.5 Å². The summed E-state index contributed by atoms with van der Waals surface area (Å²) in [4.78, 5) is 34.8. The number of halogens is 1. The number of pyridine rings is 1. The second kappa shape index (κ2) is 9.22. The van der Waals surface area contributed by atoms with Crippen LogP contribution in [-0.2, 0) is 9.59 Å². The molecule has 1 aromatic carbocycles. The van der Waals surface area contributed by atoms with Gasteiger partial charge in [0.2, 0.25) is 5.78 Å². The highest BCUT2D eigenvalue weighted by Gasteiger charge is 2.29. The normalized spacial score (nSPS) is 14.4. The van der Waals surface area contributed by atoms with Crippen molar-refractivity contribution in [2.75, 3.05) is 18.8 Å². The smallest absolute Gasteiger partial charge is 0.289 e. The van der Waals surface area contributed by atoms with Gasteiger partial charge in [0.05, 0.1) is 22.1 Å². The average molecular weight is 533 g/mol. The number of nitrogens with zero attached hydrogens (tertiary/aromatic N) is 5. The van der Waals surface area contributed by atoms with Crippen LogP contribution in [0.3, 0.4) is 0 Å². The lowest BCUT2D eigenvalue weighted by Gasteiger charge is -2.31. The topological polar surface area (TPSA) is 106 Å². The van der Waals surface area contributed by atoms with Crippen molar-refractivity contribution in [3.05, 3.63) is 64.5 Å². The highest BCUT2D eigenvalue weighted by atomic mass is 79.9. The van der Waals surface area contributed by atoms with Crippen molar-refractivity contribution in [1.29, 1.82) is 0 Å². The van der Waals surface area contributed by atoms with Crippen molar-refractivity contribution in [3.63, 3.8) is 0 Å². The molecule has 4 heterocycles. The van der Waals surface area contributed by atoms with Gasteiger partial charge in [-0.3, -0.25) is 14.6 Å². The van der Waals surface area contributed by atoms with Crippen LogP contribution in [0.4, 0.5) is 5.82 Å². The van der Waals surface area contributed by atoms with E-state index >= 15 is 0 Å². The Balaban J connectivity index is 1.47. The molecule has 35 heavy (non-hydrogen) atoms. The monoisotopic (exact) mass is 532 g/mol. The maximum Gasteiger partial charge on any atom is 0.289 e. The zero-order valence-corrected chi connectivity index (χ0v) is 21.1. The molecule has 8 nitrogen and oxygen atoms in total. The molecule has 0 aliphatic carbocycles. The number of nitrogens with two attached hydrogens (primary N) is 1. The zero-order chi connectivity index (χ0) is 24.7. The number of rotatable bonds is 4. The summed E-state index contributed by atoms with van der Waals surface area (Å²) in [7, 11) is 0. The first-order valence-electron chi connectivity index (χ1n) is 11.5. The summed E-state index contributed by atoms with van der Waals surface area (Å²) in [6.45, 7) is 4.41. The molecule has 5 rings (SSSR count). The minimum absolute atomic E-state index is 0.108. The minimum atomic E-state index is -0.431. The van der Waals surface area contributed by atoms with E-state index in [1.165, 1.54) is 12.5 Å². The maximum absolute atomic E-state index is 12.1. The summed E-state index contributed by atoms with van der Waals surface area (Å²) in [5.41, 5.74) is 12.9. The molecular formula is C26H25BrN6O2. The van der Waals surface area contributed by atoms with E-state index in [1.807, 2.05) is 30.5 Å². The van der Waals surface area contributed by atoms with Gasteiger partial charge in [0.15, 0.2) is 5.65 Å². The fraction of sp³-hybridized carbons (Fsp3) is 0.269. The summed E-state index contributed by atoms with van der Waals surface area (Å²) < 4.78 is 2.34. The summed E-state index contributed by atoms with van der Waals surface area (Å²) in [6.07, 6.45) is 5.00. The molecule has 0 saturated carbocycles. The van der Waals surface area contributed by atoms with Crippen LogP contribution in [0, 0.1) is 6.92 Å². The molecule has 4 aromatic rings. The molecule has 0 bridgehead atoms. The molecule has 0 radical (unpaired) electrons. The minimum Gasteiger partial charge on any atom is -0.383 e. The number of benzene rings is 1. The van der Waals surface area contributed by atoms with Crippen LogP contribution in [0.5, 0.6) is 0 Å². The Kier molecular flexibility index (Phi) is 6.10. The number of aromatic nitrogens is 4. The Morgan fingerprint density at radius 2 is 1.80 bits per heavy atom. The number of amides is 1. The number of nitrogen functional groups attached to an aromatic ring is 1. The second-order valence-corrected chi connectivity index (χ2v) is 9.65. The SMILES string of the molecule is CC(=O)C(=O)N1CCC(c2nc3c(-c4ccc(-c5ccccc5C)nc4)cnn3c(N)c2Br)CC1. The Bertz CT molecular complexity index is 1440. The van der Waals surface area contributed by atoms with Gasteiger partial charge in [-0.05, 0) is 47.3 Å². The van der Waals surface area contributed by atoms with E-state index in [-0.39, 0.29) is 5.92 Å². The van der Waals surface area contributed by atoms with Crippen molar-refractivity contribution in [2.45, 2.75) is 32.6 Å². The van der Waals surface area contributed by atoms with Gasteiger partial charge < -0.3 is 10.6 Å². The van der Waals surface area contributed by atoms with E-state index < -0.39 is 11.7 Å². The van der Waals surface area contributed by atoms with Crippen molar-refractivity contribution in [2.24, 2.45) is 0 Å². The number of fused-ring (bicyclic) bond motifs is 1. The van der Waals surface area contributed by atoms with Crippen LogP contribution in [0.15, 0.2) is 53.3 Å². The number of carbonyl (C=O) groups is 2. The number of likely N-dealkylation sites (tertiary alicyclic amines) is 1. The zero-order valence-electron chi connectivity index (χ0n) is 19.5. The van der Waals surface area contributed by atoms with E-state index in [9.17, 15) is 9.59 Å². The largest absolute Gasteiger partial charge is 0.383 e. The molecule has 3 aromatic heterocycles. The van der Waals surface area contributed by atoms with Crippen molar-refractivity contribution >= 4 is 39.1 Å². The number of ketones is 1. The van der Waals surface area contributed by atoms with E-state index in [0.29, 0.717) is 41.9 Å². The molecule has 0 spiro atoms. The Hall–Kier alpha value is -3.59. The molecule has 0 unspecified atom stereocenters. The van der Waals surface area contributed by atoms with Crippen LogP contribution in [-0.4, -0.2) is 49.3 Å². The van der Waals surface area contributed by atoms with Gasteiger partial charge in [-0.2, -0.15) is 9.61 Å². The average Bonchev–Trinajstić information content (AvgIpc) is 3.30. The van der Waals surface area contributed by atoms with Crippen LogP contribution < -0.4 is 5.73 Å². The molecule has 9 heteroatoms. The maximum atomic E-state index is 12.1. The van der Waals surface area contributed by atoms with Gasteiger partial charge in [-0.1, -0.05) is 30.3 Å². The van der Waals surface area contributed by atoms with Crippen LogP contribution >= 0.6 is 15.9 Å². The predicted molar refractivity (Wildman–Crippen MR) is 138 cm³/mol. The molecule has 178 valence electrons. The molecule has 2 N–H and O–H groups in total. The summed E-state index contributed by atoms with van der Waals surface area (Å²) in [6, 6.07) is 12.2. The first kappa shape index (κ1) is 23.2. The van der Waals surface area contributed by atoms with E-state index in [0.717, 1.165) is 28.1 Å². The number of Topliss-reactive ketones (excluding diaryl/α,β-unsaturated/α-hetero) is 1. The van der Waals surface area contributed by atoms with E-state index in [1.54, 1.807) is 15.6 Å². The quantitative estimate of drug-likeness (QED) is 0.390. The lowest BCUT2D eigenvalue weighted by atomic mass is 9.93. The second-order valence-electron chi connectivity index (χ2n) is 8.86. The molecule has 1 aliphatic rings. The molecular weight excluding hydrogens is 508 g/mol. The highest BCUT2D eigenvalue weighted by molar-refractivity contribution is 9.10. The number of aryl methyl sites for hydroxylation is 1. The number of carbonyl (C=O) groups excluding carboxylic acids is 2. The van der Waals surface area contributed by atoms with Gasteiger partial charge in [-0.25, -0.2) is 4.98 Å². The van der Waals surface area contributed by atoms with Crippen molar-refractivity contribution < 1.29 is 9.59 Å². The summed E-state index contributed by atoms with van der Waals surface area (Å²) in [5, 5.41) is 4.47. The third-order valence-corrected chi connectivity index (χ3v) is 7.43. The Labute approximate surface area is 211 Å². The lowest BCUT2D eigenvalue weighted by Crippen LogP contribution is -2.41. The lowest BCUT2D eigenvalue weighted by molar-refractivity contribution is -0.144. The van der Waals surface area contributed by atoms with Gasteiger partial charge in [0.25, 0.3) is 5.91 Å². The Morgan fingerprint density at radius 1 is 1.06 bits per heavy atom. The fourth-order valence-corrected chi connectivity index (χ4v) is 5.22. The van der Waals surface area contributed by atoms with Gasteiger partial charge in [-0.15, -0.1) is 0 Å². The third kappa shape index (κ3) is 4.20. The van der Waals surface area contributed by atoms with Crippen LogP contribution in [0.1, 0.15) is 36.9 Å². The molecule has 1 amide bonds. The number of hydrogen-bond donors (Lipinski definition) is 1. The van der Waals surface area contributed by atoms with Crippen LogP contribution in [0.25, 0.3) is 28.0 Å². The van der Waals surface area contributed by atoms with Gasteiger partial charge in [0, 0.05) is 48.8 Å². The first-order valence-corrected chi connectivity index (χ1v) is 12.3. The summed E-state index contributed by atoms with van der Waals surface area (Å²) in [5.74, 6) is -0.274. The van der Waals surface area contributed by atoms with Crippen molar-refractivity contribution in [3.8, 4) is 22.4 Å². The van der Waals surface area contributed by atoms with Gasteiger partial charge >= 0.3 is 0 Å². The fourth-order valence-electron chi connectivity index (χ4n) is 4.64. The first-order chi connectivity index (χ1) is 16.8. The number of anilines is 1.